The Morgan fingerprint density at radius 2 is 2.00 bits per heavy atom. The summed E-state index contributed by atoms with van der Waals surface area (Å²) in [6.07, 6.45) is 2.01. The van der Waals surface area contributed by atoms with E-state index in [1.807, 2.05) is 11.8 Å². The fourth-order valence-corrected chi connectivity index (χ4v) is 2.68. The van der Waals surface area contributed by atoms with E-state index >= 15 is 0 Å². The van der Waals surface area contributed by atoms with Crippen molar-refractivity contribution in [2.75, 3.05) is 5.75 Å². The van der Waals surface area contributed by atoms with E-state index in [1.165, 1.54) is 12.2 Å². The maximum Gasteiger partial charge on any atom is 0.102 e. The van der Waals surface area contributed by atoms with Gasteiger partial charge in [-0.05, 0) is 31.4 Å². The number of hydrogen-bond donors (Lipinski definition) is 1. The standard InChI is InChI=1S/C11H22N2S/c1-9(2)5-6-14-10(3)7-11(4,13)8-12/h9-10H,5-7,13H2,1-4H3. The highest BCUT2D eigenvalue weighted by Crippen LogP contribution is 2.21. The lowest BCUT2D eigenvalue weighted by atomic mass is 10.00. The van der Waals surface area contributed by atoms with Crippen LogP contribution in [-0.4, -0.2) is 16.5 Å². The SMILES string of the molecule is CC(C)CCSC(C)CC(C)(N)C#N. The van der Waals surface area contributed by atoms with Gasteiger partial charge in [0, 0.05) is 5.25 Å². The first-order valence-electron chi connectivity index (χ1n) is 5.19. The van der Waals surface area contributed by atoms with Gasteiger partial charge in [-0.3, -0.25) is 0 Å². The summed E-state index contributed by atoms with van der Waals surface area (Å²) in [7, 11) is 0. The van der Waals surface area contributed by atoms with Crippen molar-refractivity contribution in [3.63, 3.8) is 0 Å². The lowest BCUT2D eigenvalue weighted by Crippen LogP contribution is -2.36. The van der Waals surface area contributed by atoms with Gasteiger partial charge in [0.05, 0.1) is 6.07 Å². The van der Waals surface area contributed by atoms with Crippen LogP contribution >= 0.6 is 11.8 Å². The lowest BCUT2D eigenvalue weighted by Gasteiger charge is -2.20. The molecule has 0 saturated heterocycles. The van der Waals surface area contributed by atoms with Crippen molar-refractivity contribution < 1.29 is 0 Å². The Kier molecular flexibility index (Phi) is 6.22. The second-order valence-corrected chi connectivity index (χ2v) is 6.14. The molecule has 0 bridgehead atoms. The first-order chi connectivity index (χ1) is 6.37. The Balaban J connectivity index is 3.67. The topological polar surface area (TPSA) is 49.8 Å². The summed E-state index contributed by atoms with van der Waals surface area (Å²) in [5, 5.41) is 9.25. The van der Waals surface area contributed by atoms with Gasteiger partial charge >= 0.3 is 0 Å². The van der Waals surface area contributed by atoms with Crippen LogP contribution in [0.2, 0.25) is 0 Å². The van der Waals surface area contributed by atoms with Crippen LogP contribution in [0.15, 0.2) is 0 Å². The summed E-state index contributed by atoms with van der Waals surface area (Å²) < 4.78 is 0. The van der Waals surface area contributed by atoms with Gasteiger partial charge in [0.1, 0.15) is 5.54 Å². The minimum Gasteiger partial charge on any atom is -0.314 e. The van der Waals surface area contributed by atoms with E-state index in [-0.39, 0.29) is 0 Å². The fraction of sp³-hybridized carbons (Fsp3) is 0.909. The molecule has 0 amide bonds. The van der Waals surface area contributed by atoms with Gasteiger partial charge in [0.15, 0.2) is 0 Å². The molecule has 2 N–H and O–H groups in total. The smallest absolute Gasteiger partial charge is 0.102 e. The molecule has 0 aromatic carbocycles. The summed E-state index contributed by atoms with van der Waals surface area (Å²) in [6.45, 7) is 8.40. The van der Waals surface area contributed by atoms with Crippen molar-refractivity contribution >= 4 is 11.8 Å². The third-order valence-electron chi connectivity index (χ3n) is 2.06. The maximum atomic E-state index is 8.77. The predicted molar refractivity (Wildman–Crippen MR) is 64.2 cm³/mol. The Morgan fingerprint density at radius 1 is 1.43 bits per heavy atom. The highest BCUT2D eigenvalue weighted by Gasteiger charge is 2.20. The van der Waals surface area contributed by atoms with Crippen LogP contribution in [0.1, 0.15) is 40.5 Å². The van der Waals surface area contributed by atoms with E-state index in [2.05, 4.69) is 26.8 Å². The molecule has 82 valence electrons. The quantitative estimate of drug-likeness (QED) is 0.739. The van der Waals surface area contributed by atoms with Crippen molar-refractivity contribution in [3.8, 4) is 6.07 Å². The van der Waals surface area contributed by atoms with Crippen LogP contribution in [0.3, 0.4) is 0 Å². The Morgan fingerprint density at radius 3 is 2.43 bits per heavy atom. The molecule has 0 radical (unpaired) electrons. The van der Waals surface area contributed by atoms with Crippen molar-refractivity contribution in [2.45, 2.75) is 51.3 Å². The third-order valence-corrected chi connectivity index (χ3v) is 3.27. The second-order valence-electron chi connectivity index (χ2n) is 4.60. The number of rotatable bonds is 6. The van der Waals surface area contributed by atoms with Crippen molar-refractivity contribution in [3.05, 3.63) is 0 Å². The lowest BCUT2D eigenvalue weighted by molar-refractivity contribution is 0.544. The molecular weight excluding hydrogens is 192 g/mol. The molecule has 2 atom stereocenters. The second kappa shape index (κ2) is 6.31. The van der Waals surface area contributed by atoms with Crippen molar-refractivity contribution in [1.29, 1.82) is 5.26 Å². The molecule has 0 aliphatic heterocycles. The molecule has 0 rings (SSSR count). The number of thioether (sulfide) groups is 1. The molecular formula is C11H22N2S. The van der Waals surface area contributed by atoms with Gasteiger partial charge in [-0.1, -0.05) is 20.8 Å². The Bertz CT molecular complexity index is 194. The first-order valence-corrected chi connectivity index (χ1v) is 6.24. The highest BCUT2D eigenvalue weighted by molar-refractivity contribution is 7.99. The van der Waals surface area contributed by atoms with Crippen LogP contribution < -0.4 is 5.73 Å². The zero-order valence-electron chi connectivity index (χ0n) is 9.71. The molecule has 0 aliphatic carbocycles. The van der Waals surface area contributed by atoms with E-state index in [1.54, 1.807) is 6.92 Å². The van der Waals surface area contributed by atoms with E-state index in [4.69, 9.17) is 11.0 Å². The van der Waals surface area contributed by atoms with E-state index in [0.717, 1.165) is 12.3 Å². The maximum absolute atomic E-state index is 8.77. The van der Waals surface area contributed by atoms with Gasteiger partial charge in [-0.15, -0.1) is 0 Å². The first kappa shape index (κ1) is 13.8. The van der Waals surface area contributed by atoms with Crippen molar-refractivity contribution in [2.24, 2.45) is 11.7 Å². The minimum atomic E-state index is -0.662. The predicted octanol–water partition coefficient (Wildman–Crippen LogP) is 2.79. The van der Waals surface area contributed by atoms with Gasteiger partial charge in [-0.25, -0.2) is 0 Å². The average Bonchev–Trinajstić information content (AvgIpc) is 2.02. The highest BCUT2D eigenvalue weighted by atomic mass is 32.2. The van der Waals surface area contributed by atoms with E-state index in [0.29, 0.717) is 5.25 Å². The summed E-state index contributed by atoms with van der Waals surface area (Å²) in [6, 6.07) is 2.14. The van der Waals surface area contributed by atoms with Gasteiger partial charge in [0.2, 0.25) is 0 Å². The molecule has 2 unspecified atom stereocenters. The third kappa shape index (κ3) is 7.23. The number of nitrogens with zero attached hydrogens (tertiary/aromatic N) is 1. The summed E-state index contributed by atoms with van der Waals surface area (Å²) in [5.74, 6) is 1.93. The van der Waals surface area contributed by atoms with Gasteiger partial charge in [-0.2, -0.15) is 17.0 Å². The molecule has 2 nitrogen and oxygen atoms in total. The fourth-order valence-electron chi connectivity index (χ4n) is 1.21. The summed E-state index contributed by atoms with van der Waals surface area (Å²) in [4.78, 5) is 0. The van der Waals surface area contributed by atoms with Crippen LogP contribution in [0.25, 0.3) is 0 Å². The molecule has 0 saturated carbocycles. The summed E-state index contributed by atoms with van der Waals surface area (Å²) >= 11 is 1.92. The monoisotopic (exact) mass is 214 g/mol. The summed E-state index contributed by atoms with van der Waals surface area (Å²) in [5.41, 5.74) is 5.11. The normalized spacial score (nSPS) is 17.5. The van der Waals surface area contributed by atoms with Crippen LogP contribution in [0.4, 0.5) is 0 Å². The van der Waals surface area contributed by atoms with E-state index < -0.39 is 5.54 Å². The van der Waals surface area contributed by atoms with Crippen LogP contribution in [0, 0.1) is 17.2 Å². The molecule has 0 aliphatic rings. The zero-order chi connectivity index (χ0) is 11.2. The largest absolute Gasteiger partial charge is 0.314 e. The molecule has 0 fully saturated rings. The molecule has 0 aromatic heterocycles. The molecule has 3 heteroatoms. The Labute approximate surface area is 92.2 Å². The Hall–Kier alpha value is -0.200. The van der Waals surface area contributed by atoms with E-state index in [9.17, 15) is 0 Å². The molecule has 0 heterocycles. The molecule has 0 aromatic rings. The number of hydrogen-bond acceptors (Lipinski definition) is 3. The van der Waals surface area contributed by atoms with Gasteiger partial charge in [0.25, 0.3) is 0 Å². The average molecular weight is 214 g/mol. The molecule has 0 spiro atoms. The number of nitrogens with two attached hydrogens (primary N) is 1. The minimum absolute atomic E-state index is 0.475. The number of nitriles is 1. The van der Waals surface area contributed by atoms with Crippen molar-refractivity contribution in [1.82, 2.24) is 0 Å². The molecule has 14 heavy (non-hydrogen) atoms. The van der Waals surface area contributed by atoms with Gasteiger partial charge < -0.3 is 5.73 Å². The van der Waals surface area contributed by atoms with Crippen LogP contribution in [-0.2, 0) is 0 Å². The zero-order valence-corrected chi connectivity index (χ0v) is 10.5. The van der Waals surface area contributed by atoms with Crippen LogP contribution in [0.5, 0.6) is 0 Å².